The zero-order chi connectivity index (χ0) is 9.03. The molecule has 1 rings (SSSR count). The van der Waals surface area contributed by atoms with Gasteiger partial charge in [-0.1, -0.05) is 13.8 Å². The highest BCUT2D eigenvalue weighted by Gasteiger charge is 2.26. The highest BCUT2D eigenvalue weighted by Crippen LogP contribution is 2.35. The van der Waals surface area contributed by atoms with E-state index in [1.165, 1.54) is 12.8 Å². The van der Waals surface area contributed by atoms with E-state index in [2.05, 4.69) is 13.8 Å². The minimum atomic E-state index is 0.153. The van der Waals surface area contributed by atoms with Crippen LogP contribution >= 0.6 is 0 Å². The molecule has 2 nitrogen and oxygen atoms in total. The van der Waals surface area contributed by atoms with Gasteiger partial charge in [-0.25, -0.2) is 0 Å². The molecule has 0 amide bonds. The second-order valence-corrected chi connectivity index (χ2v) is 4.46. The van der Waals surface area contributed by atoms with E-state index >= 15 is 0 Å². The molecule has 12 heavy (non-hydrogen) atoms. The standard InChI is InChI=1S/C10H20O2/c1-10(2)5-3-9(4-6-10)12-8-7-11/h9,11H,3-8H2,1-2H3. The molecule has 72 valence electrons. The third-order valence-electron chi connectivity index (χ3n) is 2.73. The van der Waals surface area contributed by atoms with E-state index in [1.54, 1.807) is 0 Å². The molecule has 0 heterocycles. The van der Waals surface area contributed by atoms with Crippen LogP contribution in [0.3, 0.4) is 0 Å². The van der Waals surface area contributed by atoms with E-state index in [0.717, 1.165) is 12.8 Å². The number of aliphatic hydroxyl groups excluding tert-OH is 1. The van der Waals surface area contributed by atoms with Gasteiger partial charge in [0.15, 0.2) is 0 Å². The van der Waals surface area contributed by atoms with Gasteiger partial charge < -0.3 is 9.84 Å². The summed E-state index contributed by atoms with van der Waals surface area (Å²) in [5.41, 5.74) is 0.513. The van der Waals surface area contributed by atoms with Gasteiger partial charge in [-0.3, -0.25) is 0 Å². The van der Waals surface area contributed by atoms with Gasteiger partial charge in [0.1, 0.15) is 0 Å². The Morgan fingerprint density at radius 3 is 2.42 bits per heavy atom. The van der Waals surface area contributed by atoms with Crippen LogP contribution in [0.15, 0.2) is 0 Å². The van der Waals surface area contributed by atoms with Gasteiger partial charge >= 0.3 is 0 Å². The Kier molecular flexibility index (Phi) is 3.53. The molecule has 1 aliphatic rings. The Balaban J connectivity index is 2.18. The van der Waals surface area contributed by atoms with Crippen molar-refractivity contribution in [3.8, 4) is 0 Å². The van der Waals surface area contributed by atoms with Gasteiger partial charge in [0, 0.05) is 0 Å². The quantitative estimate of drug-likeness (QED) is 0.705. The Labute approximate surface area is 74.9 Å². The van der Waals surface area contributed by atoms with Crippen LogP contribution in [-0.4, -0.2) is 24.4 Å². The smallest absolute Gasteiger partial charge is 0.0701 e. The lowest BCUT2D eigenvalue weighted by molar-refractivity contribution is -0.0105. The fourth-order valence-corrected chi connectivity index (χ4v) is 1.76. The predicted molar refractivity (Wildman–Crippen MR) is 49.1 cm³/mol. The van der Waals surface area contributed by atoms with Crippen LogP contribution in [0.2, 0.25) is 0 Å². The van der Waals surface area contributed by atoms with E-state index in [4.69, 9.17) is 9.84 Å². The zero-order valence-electron chi connectivity index (χ0n) is 8.18. The highest BCUT2D eigenvalue weighted by atomic mass is 16.5. The average Bonchev–Trinajstić information content (AvgIpc) is 2.03. The van der Waals surface area contributed by atoms with Gasteiger partial charge in [0.2, 0.25) is 0 Å². The van der Waals surface area contributed by atoms with Crippen molar-refractivity contribution in [2.75, 3.05) is 13.2 Å². The molecule has 1 aliphatic carbocycles. The molecule has 0 aromatic rings. The highest BCUT2D eigenvalue weighted by molar-refractivity contribution is 4.78. The van der Waals surface area contributed by atoms with E-state index in [0.29, 0.717) is 18.1 Å². The molecule has 1 saturated carbocycles. The van der Waals surface area contributed by atoms with Gasteiger partial charge in [-0.05, 0) is 31.1 Å². The molecule has 0 atom stereocenters. The topological polar surface area (TPSA) is 29.5 Å². The van der Waals surface area contributed by atoms with Crippen LogP contribution in [0.4, 0.5) is 0 Å². The normalized spacial score (nSPS) is 24.2. The number of aliphatic hydroxyl groups is 1. The first-order chi connectivity index (χ1) is 5.64. The minimum Gasteiger partial charge on any atom is -0.394 e. The molecule has 0 aliphatic heterocycles. The second kappa shape index (κ2) is 4.24. The van der Waals surface area contributed by atoms with Crippen molar-refractivity contribution in [3.05, 3.63) is 0 Å². The maximum atomic E-state index is 8.57. The lowest BCUT2D eigenvalue weighted by atomic mass is 9.76. The number of hydrogen-bond donors (Lipinski definition) is 1. The lowest BCUT2D eigenvalue weighted by Gasteiger charge is -2.34. The Hall–Kier alpha value is -0.0800. The van der Waals surface area contributed by atoms with Crippen molar-refractivity contribution in [1.29, 1.82) is 0 Å². The molecule has 2 heteroatoms. The van der Waals surface area contributed by atoms with Crippen LogP contribution in [0.5, 0.6) is 0 Å². The fourth-order valence-electron chi connectivity index (χ4n) is 1.76. The third-order valence-corrected chi connectivity index (χ3v) is 2.73. The summed E-state index contributed by atoms with van der Waals surface area (Å²) in [7, 11) is 0. The van der Waals surface area contributed by atoms with Crippen molar-refractivity contribution in [3.63, 3.8) is 0 Å². The second-order valence-electron chi connectivity index (χ2n) is 4.46. The SMILES string of the molecule is CC1(C)CCC(OCCO)CC1. The largest absolute Gasteiger partial charge is 0.394 e. The third kappa shape index (κ3) is 3.11. The molecule has 0 bridgehead atoms. The van der Waals surface area contributed by atoms with E-state index in [-0.39, 0.29) is 6.61 Å². The number of hydrogen-bond acceptors (Lipinski definition) is 2. The van der Waals surface area contributed by atoms with E-state index in [9.17, 15) is 0 Å². The van der Waals surface area contributed by atoms with Crippen LogP contribution in [0.1, 0.15) is 39.5 Å². The zero-order valence-corrected chi connectivity index (χ0v) is 8.18. The molecule has 1 fully saturated rings. The molecule has 1 N–H and O–H groups in total. The summed E-state index contributed by atoms with van der Waals surface area (Å²) >= 11 is 0. The van der Waals surface area contributed by atoms with Gasteiger partial charge in [0.25, 0.3) is 0 Å². The molecular weight excluding hydrogens is 152 g/mol. The average molecular weight is 172 g/mol. The molecule has 0 aromatic carbocycles. The van der Waals surface area contributed by atoms with Crippen molar-refractivity contribution >= 4 is 0 Å². The van der Waals surface area contributed by atoms with Crippen molar-refractivity contribution in [2.24, 2.45) is 5.41 Å². The van der Waals surface area contributed by atoms with E-state index in [1.807, 2.05) is 0 Å². The molecule has 0 radical (unpaired) electrons. The summed E-state index contributed by atoms with van der Waals surface area (Å²) in [5.74, 6) is 0. The Morgan fingerprint density at radius 2 is 1.92 bits per heavy atom. The first-order valence-electron chi connectivity index (χ1n) is 4.86. The molecule has 0 aromatic heterocycles. The molecule has 0 spiro atoms. The van der Waals surface area contributed by atoms with Crippen LogP contribution < -0.4 is 0 Å². The van der Waals surface area contributed by atoms with Crippen LogP contribution in [0.25, 0.3) is 0 Å². The van der Waals surface area contributed by atoms with Crippen molar-refractivity contribution < 1.29 is 9.84 Å². The number of ether oxygens (including phenoxy) is 1. The van der Waals surface area contributed by atoms with E-state index < -0.39 is 0 Å². The Bertz CT molecular complexity index is 122. The molecule has 0 unspecified atom stereocenters. The predicted octanol–water partition coefficient (Wildman–Crippen LogP) is 1.96. The maximum absolute atomic E-state index is 8.57. The lowest BCUT2D eigenvalue weighted by Crippen LogP contribution is -2.27. The van der Waals surface area contributed by atoms with Gasteiger partial charge in [-0.2, -0.15) is 0 Å². The summed E-state index contributed by atoms with van der Waals surface area (Å²) < 4.78 is 5.48. The van der Waals surface area contributed by atoms with Crippen LogP contribution in [0, 0.1) is 5.41 Å². The summed E-state index contributed by atoms with van der Waals surface area (Å²) in [6, 6.07) is 0. The summed E-state index contributed by atoms with van der Waals surface area (Å²) in [4.78, 5) is 0. The molecular formula is C10H20O2. The van der Waals surface area contributed by atoms with Gasteiger partial charge in [-0.15, -0.1) is 0 Å². The first-order valence-corrected chi connectivity index (χ1v) is 4.86. The first kappa shape index (κ1) is 10.0. The van der Waals surface area contributed by atoms with Crippen molar-refractivity contribution in [2.45, 2.75) is 45.6 Å². The summed E-state index contributed by atoms with van der Waals surface area (Å²) in [6.07, 6.45) is 5.23. The monoisotopic (exact) mass is 172 g/mol. The van der Waals surface area contributed by atoms with Crippen molar-refractivity contribution in [1.82, 2.24) is 0 Å². The summed E-state index contributed by atoms with van der Waals surface area (Å²) in [5, 5.41) is 8.57. The fraction of sp³-hybridized carbons (Fsp3) is 1.00. The van der Waals surface area contributed by atoms with Crippen LogP contribution in [-0.2, 0) is 4.74 Å². The molecule has 0 saturated heterocycles. The maximum Gasteiger partial charge on any atom is 0.0701 e. The number of rotatable bonds is 3. The summed E-state index contributed by atoms with van der Waals surface area (Å²) in [6.45, 7) is 5.29. The Morgan fingerprint density at radius 1 is 1.33 bits per heavy atom. The minimum absolute atomic E-state index is 0.153. The van der Waals surface area contributed by atoms with Gasteiger partial charge in [0.05, 0.1) is 19.3 Å².